The van der Waals surface area contributed by atoms with E-state index >= 15 is 0 Å². The minimum atomic E-state index is -0.986. The molecule has 0 N–H and O–H groups in total. The zero-order valence-electron chi connectivity index (χ0n) is 16.0. The molecule has 0 unspecified atom stereocenters. The fourth-order valence-corrected chi connectivity index (χ4v) is 4.73. The van der Waals surface area contributed by atoms with Crippen LogP contribution in [-0.4, -0.2) is 32.9 Å². The lowest BCUT2D eigenvalue weighted by Gasteiger charge is -2.49. The molecular weight excluding hydrogens is 352 g/mol. The van der Waals surface area contributed by atoms with Gasteiger partial charge in [0.05, 0.1) is 17.2 Å². The normalized spacial score (nSPS) is 27.2. The second kappa shape index (κ2) is 6.75. The van der Waals surface area contributed by atoms with Gasteiger partial charge in [0.25, 0.3) is 0 Å². The molecule has 28 heavy (non-hydrogen) atoms. The zero-order chi connectivity index (χ0) is 19.9. The van der Waals surface area contributed by atoms with Crippen LogP contribution in [0.5, 0.6) is 0 Å². The molecule has 6 nitrogen and oxygen atoms in total. The van der Waals surface area contributed by atoms with Gasteiger partial charge in [0.2, 0.25) is 5.91 Å². The van der Waals surface area contributed by atoms with Crippen LogP contribution in [-0.2, 0) is 28.6 Å². The van der Waals surface area contributed by atoms with Gasteiger partial charge in [0.15, 0.2) is 5.78 Å². The van der Waals surface area contributed by atoms with Gasteiger partial charge in [0, 0.05) is 37.8 Å². The lowest BCUT2D eigenvalue weighted by molar-refractivity contribution is -0.145. The number of likely N-dealkylation sites (tertiary alicyclic amines) is 1. The first-order valence-corrected chi connectivity index (χ1v) is 9.47. The molecule has 0 radical (unpaired) electrons. The van der Waals surface area contributed by atoms with Crippen LogP contribution in [0.25, 0.3) is 0 Å². The second-order valence-electron chi connectivity index (χ2n) is 7.70. The summed E-state index contributed by atoms with van der Waals surface area (Å²) in [7, 11) is 1.85. The fraction of sp³-hybridized carbons (Fsp3) is 0.364. The molecule has 142 valence electrons. The molecule has 4 rings (SSSR count). The van der Waals surface area contributed by atoms with Gasteiger partial charge >= 0.3 is 0 Å². The lowest BCUT2D eigenvalue weighted by Crippen LogP contribution is -2.59. The van der Waals surface area contributed by atoms with E-state index in [9.17, 15) is 14.9 Å². The number of amides is 1. The van der Waals surface area contributed by atoms with Gasteiger partial charge in [-0.25, -0.2) is 0 Å². The number of rotatable bonds is 3. The smallest absolute Gasteiger partial charge is 0.237 e. The number of aryl methyl sites for hydroxylation is 1. The van der Waals surface area contributed by atoms with Crippen molar-refractivity contribution < 1.29 is 9.59 Å². The summed E-state index contributed by atoms with van der Waals surface area (Å²) in [6.45, 7) is 2.89. The number of nitriles is 1. The number of hydrogen-bond donors (Lipinski definition) is 0. The molecule has 1 aromatic heterocycles. The molecule has 1 aromatic carbocycles. The summed E-state index contributed by atoms with van der Waals surface area (Å²) in [5.74, 6) is -0.736. The maximum atomic E-state index is 13.8. The molecule has 0 bridgehead atoms. The molecule has 3 atom stereocenters. The number of nitrogens with zero attached hydrogens (tertiary/aromatic N) is 4. The summed E-state index contributed by atoms with van der Waals surface area (Å²) in [4.78, 5) is 28.3. The highest BCUT2D eigenvalue weighted by molar-refractivity contribution is 6.06. The number of carbonyl (C=O) groups excluding carboxylic acids is 2. The van der Waals surface area contributed by atoms with Crippen molar-refractivity contribution in [2.75, 3.05) is 6.54 Å². The first-order valence-electron chi connectivity index (χ1n) is 9.47. The Morgan fingerprint density at radius 2 is 2.04 bits per heavy atom. The first kappa shape index (κ1) is 18.2. The maximum absolute atomic E-state index is 13.8. The van der Waals surface area contributed by atoms with E-state index in [1.54, 1.807) is 17.0 Å². The Balaban J connectivity index is 1.84. The Labute approximate surface area is 164 Å². The van der Waals surface area contributed by atoms with E-state index in [1.807, 2.05) is 61.5 Å². The average molecular weight is 374 g/mol. The summed E-state index contributed by atoms with van der Waals surface area (Å²) in [6.07, 6.45) is 6.01. The van der Waals surface area contributed by atoms with Crippen LogP contribution in [0.4, 0.5) is 0 Å². The van der Waals surface area contributed by atoms with Crippen LogP contribution in [0.3, 0.4) is 0 Å². The molecule has 0 spiro atoms. The van der Waals surface area contributed by atoms with Gasteiger partial charge in [-0.15, -0.1) is 0 Å². The van der Waals surface area contributed by atoms with Crippen LogP contribution in [0.2, 0.25) is 0 Å². The van der Waals surface area contributed by atoms with E-state index in [0.29, 0.717) is 19.5 Å². The number of hydrogen-bond acceptors (Lipinski definition) is 4. The van der Waals surface area contributed by atoms with E-state index < -0.39 is 5.41 Å². The minimum absolute atomic E-state index is 0.0501. The molecule has 2 heterocycles. The van der Waals surface area contributed by atoms with E-state index in [2.05, 4.69) is 5.10 Å². The number of carbonyl (C=O) groups is 2. The van der Waals surface area contributed by atoms with Crippen molar-refractivity contribution in [1.82, 2.24) is 14.7 Å². The number of fused-ring (bicyclic) bond motifs is 1. The molecule has 1 aliphatic heterocycles. The van der Waals surface area contributed by atoms with Crippen LogP contribution in [0.15, 0.2) is 54.4 Å². The number of piperidine rings is 1. The molecule has 1 saturated heterocycles. The summed E-state index contributed by atoms with van der Waals surface area (Å²) >= 11 is 0. The van der Waals surface area contributed by atoms with Gasteiger partial charge in [-0.1, -0.05) is 37.3 Å². The van der Waals surface area contributed by atoms with E-state index in [-0.39, 0.29) is 29.1 Å². The molecule has 1 amide bonds. The Hall–Kier alpha value is -3.20. The highest BCUT2D eigenvalue weighted by Crippen LogP contribution is 2.49. The highest BCUT2D eigenvalue weighted by Gasteiger charge is 2.56. The third-order valence-electron chi connectivity index (χ3n) is 6.09. The van der Waals surface area contributed by atoms with Crippen molar-refractivity contribution in [3.63, 3.8) is 0 Å². The monoisotopic (exact) mass is 374 g/mol. The zero-order valence-corrected chi connectivity index (χ0v) is 16.0. The topological polar surface area (TPSA) is 79.0 Å². The van der Waals surface area contributed by atoms with Crippen molar-refractivity contribution in [2.24, 2.45) is 18.9 Å². The van der Waals surface area contributed by atoms with Crippen molar-refractivity contribution in [2.45, 2.75) is 25.3 Å². The van der Waals surface area contributed by atoms with E-state index in [0.717, 1.165) is 11.1 Å². The van der Waals surface area contributed by atoms with Crippen molar-refractivity contribution >= 4 is 11.7 Å². The van der Waals surface area contributed by atoms with Crippen LogP contribution in [0, 0.1) is 23.2 Å². The molecule has 1 fully saturated rings. The summed E-state index contributed by atoms with van der Waals surface area (Å²) in [5, 5.41) is 13.7. The molecule has 2 aliphatic rings. The Morgan fingerprint density at radius 1 is 1.29 bits per heavy atom. The molecule has 2 aromatic rings. The van der Waals surface area contributed by atoms with Crippen molar-refractivity contribution in [1.29, 1.82) is 5.26 Å². The van der Waals surface area contributed by atoms with Crippen molar-refractivity contribution in [3.8, 4) is 6.07 Å². The summed E-state index contributed by atoms with van der Waals surface area (Å²) in [6, 6.07) is 11.6. The second-order valence-corrected chi connectivity index (χ2v) is 7.70. The van der Waals surface area contributed by atoms with E-state index in [4.69, 9.17) is 0 Å². The SMILES string of the molecule is C[C@H]1C(=O)C(C#N)=C[C@]2(c3ccccc3)C(=O)N(Cc3cnn(C)c3)CC[C@H]12. The van der Waals surface area contributed by atoms with Gasteiger partial charge < -0.3 is 4.90 Å². The largest absolute Gasteiger partial charge is 0.337 e. The van der Waals surface area contributed by atoms with E-state index in [1.165, 1.54) is 0 Å². The Morgan fingerprint density at radius 3 is 2.68 bits per heavy atom. The molecular formula is C22H22N4O2. The molecule has 6 heteroatoms. The lowest BCUT2D eigenvalue weighted by atomic mass is 9.57. The quantitative estimate of drug-likeness (QED) is 0.826. The summed E-state index contributed by atoms with van der Waals surface area (Å²) < 4.78 is 1.72. The van der Waals surface area contributed by atoms with Gasteiger partial charge in [-0.05, 0) is 24.0 Å². The first-order chi connectivity index (χ1) is 13.5. The Bertz CT molecular complexity index is 1000. The fourth-order valence-electron chi connectivity index (χ4n) is 4.73. The predicted molar refractivity (Wildman–Crippen MR) is 103 cm³/mol. The standard InChI is InChI=1S/C22H22N4O2/c1-15-19-8-9-26(14-16-12-24-25(2)13-16)21(28)22(19,10-17(11-23)20(15)27)18-6-4-3-5-7-18/h3-7,10,12-13,15,19H,8-9,14H2,1-2H3/t15-,19-,22-/m1/s1. The van der Waals surface area contributed by atoms with Gasteiger partial charge in [0.1, 0.15) is 6.07 Å². The number of Topliss-reactive ketones (excluding diaryl/α,β-unsaturated/α-hetero) is 1. The van der Waals surface area contributed by atoms with Crippen LogP contribution >= 0.6 is 0 Å². The maximum Gasteiger partial charge on any atom is 0.237 e. The number of aromatic nitrogens is 2. The predicted octanol–water partition coefficient (Wildman–Crippen LogP) is 2.38. The van der Waals surface area contributed by atoms with Crippen LogP contribution < -0.4 is 0 Å². The third kappa shape index (κ3) is 2.66. The minimum Gasteiger partial charge on any atom is -0.337 e. The number of benzene rings is 1. The van der Waals surface area contributed by atoms with Crippen LogP contribution in [0.1, 0.15) is 24.5 Å². The average Bonchev–Trinajstić information content (AvgIpc) is 3.12. The molecule has 0 saturated carbocycles. The highest BCUT2D eigenvalue weighted by atomic mass is 16.2. The third-order valence-corrected chi connectivity index (χ3v) is 6.09. The number of ketones is 1. The Kier molecular flexibility index (Phi) is 4.38. The summed E-state index contributed by atoms with van der Waals surface area (Å²) in [5.41, 5.74) is 0.902. The number of allylic oxidation sites excluding steroid dienone is 1. The van der Waals surface area contributed by atoms with Gasteiger partial charge in [-0.3, -0.25) is 14.3 Å². The van der Waals surface area contributed by atoms with Gasteiger partial charge in [-0.2, -0.15) is 10.4 Å². The molecule has 1 aliphatic carbocycles. The van der Waals surface area contributed by atoms with Crippen molar-refractivity contribution in [3.05, 3.63) is 65.5 Å².